The Hall–Kier alpha value is -2.44. The molecule has 6 heteroatoms. The van der Waals surface area contributed by atoms with Crippen molar-refractivity contribution in [3.05, 3.63) is 80.5 Å². The Morgan fingerprint density at radius 3 is 2.21 bits per heavy atom. The first-order valence-electron chi connectivity index (χ1n) is 9.00. The van der Waals surface area contributed by atoms with Gasteiger partial charge in [-0.2, -0.15) is 0 Å². The van der Waals surface area contributed by atoms with Gasteiger partial charge in [0, 0.05) is 17.1 Å². The number of Topliss-reactive ketones (excluding diaryl/α,β-unsaturated/α-hetero) is 1. The van der Waals surface area contributed by atoms with E-state index in [0.717, 1.165) is 15.8 Å². The number of carbonyl (C=O) groups is 1. The average Bonchev–Trinajstić information content (AvgIpc) is 3.26. The molecule has 0 unspecified atom stereocenters. The highest BCUT2D eigenvalue weighted by Gasteiger charge is 2.40. The van der Waals surface area contributed by atoms with Crippen LogP contribution in [0, 0.1) is 13.8 Å². The van der Waals surface area contributed by atoms with Crippen molar-refractivity contribution in [1.29, 1.82) is 0 Å². The van der Waals surface area contributed by atoms with Crippen LogP contribution >= 0.6 is 27.3 Å². The Morgan fingerprint density at radius 1 is 1.00 bits per heavy atom. The van der Waals surface area contributed by atoms with Gasteiger partial charge in [-0.1, -0.05) is 33.6 Å². The minimum Gasteiger partial charge on any atom is -0.294 e. The second-order valence-electron chi connectivity index (χ2n) is 6.85. The Bertz CT molecular complexity index is 1040. The third-order valence-electron chi connectivity index (χ3n) is 4.76. The third-order valence-corrected chi connectivity index (χ3v) is 6.35. The number of thiophene rings is 1. The number of nitrogens with zero attached hydrogens (tertiary/aromatic N) is 3. The van der Waals surface area contributed by atoms with Crippen molar-refractivity contribution in [2.45, 2.75) is 26.9 Å². The summed E-state index contributed by atoms with van der Waals surface area (Å²) in [5.41, 5.74) is 4.27. The van der Waals surface area contributed by atoms with Crippen molar-refractivity contribution in [3.8, 4) is 0 Å². The number of carbonyl (C=O) groups excluding carboxylic acids is 1. The van der Waals surface area contributed by atoms with Gasteiger partial charge in [0.2, 0.25) is 0 Å². The lowest BCUT2D eigenvalue weighted by atomic mass is 10.1. The Morgan fingerprint density at radius 2 is 1.64 bits per heavy atom. The van der Waals surface area contributed by atoms with Gasteiger partial charge >= 0.3 is 0 Å². The van der Waals surface area contributed by atoms with Crippen molar-refractivity contribution in [2.75, 3.05) is 9.91 Å². The number of hydrogen-bond donors (Lipinski definition) is 0. The lowest BCUT2D eigenvalue weighted by molar-refractivity contribution is -0.111. The fraction of sp³-hybridized carbons (Fsp3) is 0.182. The zero-order valence-corrected chi connectivity index (χ0v) is 18.3. The van der Waals surface area contributed by atoms with Crippen LogP contribution in [-0.4, -0.2) is 11.6 Å². The molecule has 0 bridgehead atoms. The molecular weight excluding hydrogens is 434 g/mol. The molecule has 3 aromatic rings. The number of halogens is 1. The molecule has 0 spiro atoms. The highest BCUT2D eigenvalue weighted by Crippen LogP contribution is 2.42. The summed E-state index contributed by atoms with van der Waals surface area (Å²) in [6.45, 7) is 5.74. The van der Waals surface area contributed by atoms with Crippen molar-refractivity contribution in [3.63, 3.8) is 0 Å². The number of aryl methyl sites for hydroxylation is 2. The second kappa shape index (κ2) is 7.53. The minimum atomic E-state index is -0.206. The van der Waals surface area contributed by atoms with E-state index in [2.05, 4.69) is 65.5 Å². The van der Waals surface area contributed by atoms with Crippen LogP contribution in [0.3, 0.4) is 0 Å². The number of benzene rings is 2. The van der Waals surface area contributed by atoms with Gasteiger partial charge in [0.25, 0.3) is 0 Å². The lowest BCUT2D eigenvalue weighted by Gasteiger charge is -2.31. The predicted molar refractivity (Wildman–Crippen MR) is 120 cm³/mol. The summed E-state index contributed by atoms with van der Waals surface area (Å²) in [5, 5.41) is 8.81. The minimum absolute atomic E-state index is 0.0586. The van der Waals surface area contributed by atoms with Crippen LogP contribution in [0.2, 0.25) is 0 Å². The average molecular weight is 454 g/mol. The zero-order valence-electron chi connectivity index (χ0n) is 15.9. The summed E-state index contributed by atoms with van der Waals surface area (Å²) < 4.78 is 0.996. The topological polar surface area (TPSA) is 35.9 Å². The van der Waals surface area contributed by atoms with Gasteiger partial charge in [0.15, 0.2) is 17.8 Å². The molecule has 4 nitrogen and oxygen atoms in total. The molecule has 1 atom stereocenters. The maximum atomic E-state index is 12.5. The molecule has 0 aliphatic carbocycles. The van der Waals surface area contributed by atoms with E-state index < -0.39 is 0 Å². The Kier molecular flexibility index (Phi) is 5.08. The molecule has 2 heterocycles. The second-order valence-corrected chi connectivity index (χ2v) is 8.71. The number of hydrazone groups is 1. The van der Waals surface area contributed by atoms with Crippen LogP contribution in [0.1, 0.15) is 29.1 Å². The van der Waals surface area contributed by atoms with E-state index in [4.69, 9.17) is 5.10 Å². The van der Waals surface area contributed by atoms with Crippen LogP contribution < -0.4 is 9.91 Å². The number of hydrogen-bond acceptors (Lipinski definition) is 5. The van der Waals surface area contributed by atoms with E-state index >= 15 is 0 Å². The quantitative estimate of drug-likeness (QED) is 0.481. The molecule has 1 aromatic heterocycles. The molecule has 0 radical (unpaired) electrons. The molecule has 1 aliphatic heterocycles. The maximum absolute atomic E-state index is 12.5. The normalized spacial score (nSPS) is 16.4. The highest BCUT2D eigenvalue weighted by molar-refractivity contribution is 9.10. The number of anilines is 2. The van der Waals surface area contributed by atoms with Gasteiger partial charge in [-0.3, -0.25) is 9.69 Å². The van der Waals surface area contributed by atoms with Gasteiger partial charge in [-0.15, -0.1) is 16.4 Å². The first kappa shape index (κ1) is 18.9. The van der Waals surface area contributed by atoms with Crippen molar-refractivity contribution < 1.29 is 4.79 Å². The van der Waals surface area contributed by atoms with E-state index in [1.807, 2.05) is 34.2 Å². The van der Waals surface area contributed by atoms with Gasteiger partial charge in [0.05, 0.1) is 10.6 Å². The highest BCUT2D eigenvalue weighted by atomic mass is 79.9. The van der Waals surface area contributed by atoms with Crippen molar-refractivity contribution in [2.24, 2.45) is 5.10 Å². The molecule has 0 saturated carbocycles. The standard InChI is InChI=1S/C22H20BrN3OS/c1-14-4-8-19(9-5-14)26-22(20-15(2)12-13-28-20)25(21(24-26)16(3)27)18-10-6-17(23)7-11-18/h4-13,22H,1-3H3/t22-/m0/s1. The van der Waals surface area contributed by atoms with E-state index in [1.54, 1.807) is 18.3 Å². The van der Waals surface area contributed by atoms with Gasteiger partial charge in [0.1, 0.15) is 0 Å². The van der Waals surface area contributed by atoms with Crippen molar-refractivity contribution in [1.82, 2.24) is 0 Å². The van der Waals surface area contributed by atoms with Crippen LogP contribution in [-0.2, 0) is 4.79 Å². The molecule has 0 N–H and O–H groups in total. The predicted octanol–water partition coefficient (Wildman–Crippen LogP) is 6.06. The van der Waals surface area contributed by atoms with Gasteiger partial charge in [-0.25, -0.2) is 5.01 Å². The van der Waals surface area contributed by atoms with Gasteiger partial charge in [-0.05, 0) is 67.3 Å². The summed E-state index contributed by atoms with van der Waals surface area (Å²) in [6, 6.07) is 18.3. The number of ketones is 1. The third kappa shape index (κ3) is 3.38. The molecule has 0 fully saturated rings. The smallest absolute Gasteiger partial charge is 0.198 e. The molecule has 28 heavy (non-hydrogen) atoms. The summed E-state index contributed by atoms with van der Waals surface area (Å²) in [4.78, 5) is 15.7. The molecule has 0 amide bonds. The fourth-order valence-corrected chi connectivity index (χ4v) is 4.57. The monoisotopic (exact) mass is 453 g/mol. The van der Waals surface area contributed by atoms with Crippen LogP contribution in [0.5, 0.6) is 0 Å². The van der Waals surface area contributed by atoms with E-state index in [-0.39, 0.29) is 11.9 Å². The molecule has 1 aliphatic rings. The number of rotatable bonds is 4. The van der Waals surface area contributed by atoms with Gasteiger partial charge < -0.3 is 0 Å². The first-order valence-corrected chi connectivity index (χ1v) is 10.7. The van der Waals surface area contributed by atoms with E-state index in [9.17, 15) is 4.79 Å². The Labute approximate surface area is 177 Å². The Balaban J connectivity index is 1.90. The largest absolute Gasteiger partial charge is 0.294 e. The summed E-state index contributed by atoms with van der Waals surface area (Å²) in [6.07, 6.45) is -0.206. The molecule has 142 valence electrons. The van der Waals surface area contributed by atoms with Crippen LogP contribution in [0.15, 0.2) is 69.6 Å². The molecule has 0 saturated heterocycles. The number of amidine groups is 1. The first-order chi connectivity index (χ1) is 13.5. The summed E-state index contributed by atoms with van der Waals surface area (Å²) in [7, 11) is 0. The van der Waals surface area contributed by atoms with Crippen LogP contribution in [0.4, 0.5) is 11.4 Å². The summed E-state index contributed by atoms with van der Waals surface area (Å²) in [5.74, 6) is 0.387. The molecular formula is C22H20BrN3OS. The lowest BCUT2D eigenvalue weighted by Crippen LogP contribution is -2.37. The van der Waals surface area contributed by atoms with E-state index in [1.165, 1.54) is 16.0 Å². The SMILES string of the molecule is CC(=O)C1=NN(c2ccc(C)cc2)[C@@H](c2sccc2C)N1c1ccc(Br)cc1. The molecule has 2 aromatic carbocycles. The van der Waals surface area contributed by atoms with E-state index in [0.29, 0.717) is 5.84 Å². The zero-order chi connectivity index (χ0) is 19.8. The van der Waals surface area contributed by atoms with Crippen LogP contribution in [0.25, 0.3) is 0 Å². The van der Waals surface area contributed by atoms with Crippen molar-refractivity contribution >= 4 is 50.3 Å². The fourth-order valence-electron chi connectivity index (χ4n) is 3.31. The molecule has 4 rings (SSSR count). The summed E-state index contributed by atoms with van der Waals surface area (Å²) >= 11 is 5.18. The maximum Gasteiger partial charge on any atom is 0.198 e.